The van der Waals surface area contributed by atoms with E-state index in [0.717, 1.165) is 4.47 Å². The molecule has 9 heteroatoms. The summed E-state index contributed by atoms with van der Waals surface area (Å²) in [5.74, 6) is -0.161. The number of nitrogens with one attached hydrogen (secondary N) is 1. The van der Waals surface area contributed by atoms with Crippen LogP contribution >= 0.6 is 28.6 Å². The summed E-state index contributed by atoms with van der Waals surface area (Å²) in [6, 6.07) is 11.8. The van der Waals surface area contributed by atoms with Crippen LogP contribution in [0.15, 0.2) is 46.9 Å². The van der Waals surface area contributed by atoms with Crippen LogP contribution in [0.3, 0.4) is 0 Å². The van der Waals surface area contributed by atoms with Crippen molar-refractivity contribution in [2.45, 2.75) is 18.9 Å². The zero-order valence-electron chi connectivity index (χ0n) is 15.8. The second kappa shape index (κ2) is 11.6. The number of carbonyl (C=O) groups is 2. The zero-order valence-corrected chi connectivity index (χ0v) is 18.2. The molecular weight excluding hydrogens is 462 g/mol. The predicted molar refractivity (Wildman–Crippen MR) is 116 cm³/mol. The number of phenolic OH excluding ortho intramolecular Hbond substituents is 1. The van der Waals surface area contributed by atoms with Crippen molar-refractivity contribution in [2.24, 2.45) is 0 Å². The van der Waals surface area contributed by atoms with Crippen LogP contribution in [0.2, 0.25) is 0 Å². The van der Waals surface area contributed by atoms with Gasteiger partial charge in [0.15, 0.2) is 11.5 Å². The molecule has 0 aliphatic carbocycles. The van der Waals surface area contributed by atoms with Gasteiger partial charge in [0.2, 0.25) is 0 Å². The molecule has 0 aliphatic heterocycles. The number of anilines is 1. The fourth-order valence-electron chi connectivity index (χ4n) is 2.51. The monoisotopic (exact) mass is 483 g/mol. The summed E-state index contributed by atoms with van der Waals surface area (Å²) < 4.78 is 16.5. The van der Waals surface area contributed by atoms with Gasteiger partial charge in [-0.25, -0.2) is 4.79 Å². The van der Waals surface area contributed by atoms with Crippen molar-refractivity contribution in [3.63, 3.8) is 0 Å². The molecule has 2 aromatic carbocycles. The van der Waals surface area contributed by atoms with Gasteiger partial charge in [-0.3, -0.25) is 10.1 Å². The largest absolute Gasteiger partial charge is 0.504 e. The molecule has 1 atom stereocenters. The van der Waals surface area contributed by atoms with Crippen LogP contribution in [0.1, 0.15) is 24.5 Å². The minimum absolute atomic E-state index is 0.00186. The van der Waals surface area contributed by atoms with E-state index in [4.69, 9.17) is 14.2 Å². The van der Waals surface area contributed by atoms with Crippen LogP contribution in [0.25, 0.3) is 0 Å². The number of benzene rings is 2. The lowest BCUT2D eigenvalue weighted by molar-refractivity contribution is -0.140. The van der Waals surface area contributed by atoms with Gasteiger partial charge in [-0.05, 0) is 54.8 Å². The maximum absolute atomic E-state index is 12.3. The van der Waals surface area contributed by atoms with Crippen LogP contribution in [0, 0.1) is 0 Å². The first kappa shape index (κ1) is 22.9. The van der Waals surface area contributed by atoms with E-state index in [1.165, 1.54) is 13.2 Å². The summed E-state index contributed by atoms with van der Waals surface area (Å²) in [6.07, 6.45) is -0.445. The highest BCUT2D eigenvalue weighted by Gasteiger charge is 2.19. The first-order valence-electron chi connectivity index (χ1n) is 8.79. The number of rotatable bonds is 9. The molecule has 0 saturated heterocycles. The summed E-state index contributed by atoms with van der Waals surface area (Å²) in [4.78, 5) is 23.6. The lowest BCUT2D eigenvalue weighted by Crippen LogP contribution is -2.18. The number of hydrogen-bond donors (Lipinski definition) is 3. The molecule has 0 saturated carbocycles. The zero-order chi connectivity index (χ0) is 21.2. The third kappa shape index (κ3) is 7.51. The van der Waals surface area contributed by atoms with Gasteiger partial charge in [-0.15, -0.1) is 0 Å². The van der Waals surface area contributed by atoms with Gasteiger partial charge in [0.25, 0.3) is 0 Å². The molecule has 0 aromatic heterocycles. The average Bonchev–Trinajstić information content (AvgIpc) is 2.71. The highest BCUT2D eigenvalue weighted by atomic mass is 79.9. The fraction of sp³-hybridized carbons (Fsp3) is 0.300. The van der Waals surface area contributed by atoms with Crippen LogP contribution < -0.4 is 10.1 Å². The summed E-state index contributed by atoms with van der Waals surface area (Å²) in [7, 11) is 1.45. The Hall–Kier alpha value is -2.39. The van der Waals surface area contributed by atoms with Crippen molar-refractivity contribution in [1.82, 2.24) is 0 Å². The first-order chi connectivity index (χ1) is 13.9. The Bertz CT molecular complexity index is 830. The Balaban J connectivity index is 2.06. The second-order valence-electron chi connectivity index (χ2n) is 5.98. The van der Waals surface area contributed by atoms with E-state index in [-0.39, 0.29) is 18.1 Å². The number of phenols is 1. The Kier molecular flexibility index (Phi) is 9.14. The molecule has 0 fully saturated rings. The van der Waals surface area contributed by atoms with E-state index in [9.17, 15) is 14.7 Å². The maximum Gasteiger partial charge on any atom is 0.412 e. The maximum atomic E-state index is 12.3. The van der Waals surface area contributed by atoms with Gasteiger partial charge in [-0.1, -0.05) is 22.0 Å². The lowest BCUT2D eigenvalue weighted by atomic mass is 10.0. The number of thiol groups is 1. The Morgan fingerprint density at radius 3 is 2.55 bits per heavy atom. The number of methoxy groups -OCH3 is 1. The number of halogens is 1. The van der Waals surface area contributed by atoms with Crippen LogP contribution in [-0.2, 0) is 14.3 Å². The molecule has 156 valence electrons. The molecule has 2 aromatic rings. The van der Waals surface area contributed by atoms with Gasteiger partial charge in [-0.2, -0.15) is 12.6 Å². The van der Waals surface area contributed by atoms with Crippen molar-refractivity contribution >= 4 is 46.3 Å². The number of amides is 1. The van der Waals surface area contributed by atoms with E-state index in [1.54, 1.807) is 36.4 Å². The summed E-state index contributed by atoms with van der Waals surface area (Å²) in [5, 5.41) is 12.7. The molecule has 0 heterocycles. The van der Waals surface area contributed by atoms with E-state index < -0.39 is 18.2 Å². The molecule has 29 heavy (non-hydrogen) atoms. The Morgan fingerprint density at radius 2 is 1.93 bits per heavy atom. The van der Waals surface area contributed by atoms with E-state index in [1.807, 2.05) is 0 Å². The van der Waals surface area contributed by atoms with Crippen molar-refractivity contribution in [1.29, 1.82) is 0 Å². The highest BCUT2D eigenvalue weighted by Crippen LogP contribution is 2.32. The third-order valence-electron chi connectivity index (χ3n) is 3.92. The molecule has 2 N–H and O–H groups in total. The molecule has 0 radical (unpaired) electrons. The van der Waals surface area contributed by atoms with Crippen molar-refractivity contribution in [3.8, 4) is 11.5 Å². The van der Waals surface area contributed by atoms with Gasteiger partial charge >= 0.3 is 12.1 Å². The highest BCUT2D eigenvalue weighted by molar-refractivity contribution is 9.10. The van der Waals surface area contributed by atoms with E-state index in [2.05, 4.69) is 33.9 Å². The molecule has 0 spiro atoms. The molecular formula is C20H22BrNO6S. The lowest BCUT2D eigenvalue weighted by Gasteiger charge is -2.19. The predicted octanol–water partition coefficient (Wildman–Crippen LogP) is 4.71. The molecule has 2 rings (SSSR count). The van der Waals surface area contributed by atoms with E-state index >= 15 is 0 Å². The molecule has 1 amide bonds. The van der Waals surface area contributed by atoms with Gasteiger partial charge in [0.05, 0.1) is 19.5 Å². The van der Waals surface area contributed by atoms with Crippen molar-refractivity contribution in [2.75, 3.05) is 24.8 Å². The SMILES string of the molecule is COc1ccc([C@@H](CCCOC(=O)CS)OC(=O)Nc2ccc(Br)cc2)cc1O. The number of esters is 1. The van der Waals surface area contributed by atoms with Gasteiger partial charge in [0, 0.05) is 10.2 Å². The Labute approximate surface area is 182 Å². The van der Waals surface area contributed by atoms with Crippen LogP contribution in [-0.4, -0.2) is 36.6 Å². The number of aromatic hydroxyl groups is 1. The van der Waals surface area contributed by atoms with Crippen molar-refractivity contribution < 1.29 is 28.9 Å². The quantitative estimate of drug-likeness (QED) is 0.271. The van der Waals surface area contributed by atoms with Gasteiger partial charge < -0.3 is 19.3 Å². The smallest absolute Gasteiger partial charge is 0.412 e. The molecule has 0 bridgehead atoms. The Morgan fingerprint density at radius 1 is 1.21 bits per heavy atom. The second-order valence-corrected chi connectivity index (χ2v) is 7.21. The number of hydrogen-bond acceptors (Lipinski definition) is 7. The fourth-order valence-corrected chi connectivity index (χ4v) is 2.87. The van der Waals surface area contributed by atoms with Crippen LogP contribution in [0.5, 0.6) is 11.5 Å². The number of ether oxygens (including phenoxy) is 3. The summed E-state index contributed by atoms with van der Waals surface area (Å²) >= 11 is 7.18. The summed E-state index contributed by atoms with van der Waals surface area (Å²) in [5.41, 5.74) is 1.17. The molecule has 0 unspecified atom stereocenters. The minimum Gasteiger partial charge on any atom is -0.504 e. The minimum atomic E-state index is -0.656. The normalized spacial score (nSPS) is 11.4. The van der Waals surface area contributed by atoms with Gasteiger partial charge in [0.1, 0.15) is 6.10 Å². The van der Waals surface area contributed by atoms with Crippen LogP contribution in [0.4, 0.5) is 10.5 Å². The summed E-state index contributed by atoms with van der Waals surface area (Å²) in [6.45, 7) is 0.176. The third-order valence-corrected chi connectivity index (χ3v) is 4.70. The number of carbonyl (C=O) groups excluding carboxylic acids is 2. The molecule has 7 nitrogen and oxygen atoms in total. The van der Waals surface area contributed by atoms with Crippen molar-refractivity contribution in [3.05, 3.63) is 52.5 Å². The molecule has 0 aliphatic rings. The standard InChI is InChI=1S/C20H22BrNO6S/c1-26-18-9-4-13(11-16(18)23)17(3-2-10-27-19(24)12-29)28-20(25)22-15-7-5-14(21)6-8-15/h4-9,11,17,23,29H,2-3,10,12H2,1H3,(H,22,25)/t17-/m1/s1. The average molecular weight is 484 g/mol. The topological polar surface area (TPSA) is 94.1 Å². The first-order valence-corrected chi connectivity index (χ1v) is 10.2. The van der Waals surface area contributed by atoms with E-state index in [0.29, 0.717) is 29.8 Å².